The number of hydrogen-bond acceptors (Lipinski definition) is 5. The molecule has 0 aromatic carbocycles. The minimum atomic E-state index is -0.573. The molecule has 4 nitrogen and oxygen atoms in total. The van der Waals surface area contributed by atoms with Crippen LogP contribution in [0, 0.1) is 0 Å². The molecule has 2 unspecified atom stereocenters. The van der Waals surface area contributed by atoms with Crippen LogP contribution in [0.4, 0.5) is 0 Å². The summed E-state index contributed by atoms with van der Waals surface area (Å²) in [5.41, 5.74) is 7.11. The van der Waals surface area contributed by atoms with Crippen LogP contribution >= 0.6 is 11.3 Å². The molecule has 0 bridgehead atoms. The molecule has 1 aliphatic rings. The number of aryl methyl sites for hydroxylation is 1. The van der Waals surface area contributed by atoms with Crippen molar-refractivity contribution < 1.29 is 14.3 Å². The SMILES string of the molecule is CCOC1CCCc2sc(CC(N)C(=O)OC)cc21. The highest BCUT2D eigenvalue weighted by atomic mass is 32.1. The topological polar surface area (TPSA) is 61.5 Å². The van der Waals surface area contributed by atoms with Crippen LogP contribution in [0.15, 0.2) is 6.07 Å². The maximum atomic E-state index is 11.4. The fourth-order valence-electron chi connectivity index (χ4n) is 2.50. The van der Waals surface area contributed by atoms with Crippen LogP contribution in [0.2, 0.25) is 0 Å². The second kappa shape index (κ2) is 6.50. The zero-order valence-electron chi connectivity index (χ0n) is 11.5. The predicted octanol–water partition coefficient (Wildman–Crippen LogP) is 2.20. The Bertz CT molecular complexity index is 444. The van der Waals surface area contributed by atoms with Crippen molar-refractivity contribution in [1.82, 2.24) is 0 Å². The van der Waals surface area contributed by atoms with E-state index in [0.717, 1.165) is 24.3 Å². The normalized spacial score (nSPS) is 19.8. The van der Waals surface area contributed by atoms with Gasteiger partial charge < -0.3 is 15.2 Å². The van der Waals surface area contributed by atoms with E-state index < -0.39 is 6.04 Å². The Morgan fingerprint density at radius 3 is 3.11 bits per heavy atom. The number of carbonyl (C=O) groups excluding carboxylic acids is 1. The molecule has 0 saturated carbocycles. The smallest absolute Gasteiger partial charge is 0.323 e. The van der Waals surface area contributed by atoms with E-state index >= 15 is 0 Å². The van der Waals surface area contributed by atoms with Gasteiger partial charge in [0.15, 0.2) is 0 Å². The molecule has 0 amide bonds. The van der Waals surface area contributed by atoms with Crippen LogP contribution in [0.1, 0.15) is 41.2 Å². The van der Waals surface area contributed by atoms with Crippen LogP contribution in [0.25, 0.3) is 0 Å². The van der Waals surface area contributed by atoms with Crippen molar-refractivity contribution in [2.45, 2.75) is 44.8 Å². The lowest BCUT2D eigenvalue weighted by Crippen LogP contribution is -2.33. The molecule has 19 heavy (non-hydrogen) atoms. The number of fused-ring (bicyclic) bond motifs is 1. The summed E-state index contributed by atoms with van der Waals surface area (Å²) < 4.78 is 10.4. The Morgan fingerprint density at radius 2 is 2.42 bits per heavy atom. The van der Waals surface area contributed by atoms with E-state index in [-0.39, 0.29) is 12.1 Å². The fraction of sp³-hybridized carbons (Fsp3) is 0.643. The zero-order chi connectivity index (χ0) is 13.8. The van der Waals surface area contributed by atoms with E-state index in [1.807, 2.05) is 6.92 Å². The first-order valence-electron chi connectivity index (χ1n) is 6.72. The molecule has 106 valence electrons. The van der Waals surface area contributed by atoms with Crippen molar-refractivity contribution in [2.24, 2.45) is 5.73 Å². The monoisotopic (exact) mass is 283 g/mol. The summed E-state index contributed by atoms with van der Waals surface area (Å²) in [5.74, 6) is -0.354. The minimum absolute atomic E-state index is 0.216. The van der Waals surface area contributed by atoms with E-state index in [2.05, 4.69) is 10.8 Å². The Labute approximate surface area is 117 Å². The molecule has 1 aliphatic carbocycles. The van der Waals surface area contributed by atoms with Gasteiger partial charge in [-0.05, 0) is 37.8 Å². The van der Waals surface area contributed by atoms with Crippen LogP contribution in [-0.4, -0.2) is 25.7 Å². The first-order valence-corrected chi connectivity index (χ1v) is 7.53. The van der Waals surface area contributed by atoms with Gasteiger partial charge in [0.2, 0.25) is 0 Å². The van der Waals surface area contributed by atoms with Gasteiger partial charge in [-0.3, -0.25) is 4.79 Å². The molecular weight excluding hydrogens is 262 g/mol. The zero-order valence-corrected chi connectivity index (χ0v) is 12.3. The van der Waals surface area contributed by atoms with Crippen molar-refractivity contribution in [1.29, 1.82) is 0 Å². The van der Waals surface area contributed by atoms with Gasteiger partial charge in [0.1, 0.15) is 6.04 Å². The van der Waals surface area contributed by atoms with E-state index in [1.54, 1.807) is 11.3 Å². The largest absolute Gasteiger partial charge is 0.468 e. The molecule has 1 heterocycles. The Kier molecular flexibility index (Phi) is 4.96. The molecule has 0 saturated heterocycles. The third-order valence-corrected chi connectivity index (χ3v) is 4.64. The molecule has 2 atom stereocenters. The summed E-state index contributed by atoms with van der Waals surface area (Å²) in [6.07, 6.45) is 4.12. The molecule has 0 fully saturated rings. The Hall–Kier alpha value is -0.910. The van der Waals surface area contributed by atoms with E-state index in [1.165, 1.54) is 24.0 Å². The van der Waals surface area contributed by atoms with E-state index in [0.29, 0.717) is 6.42 Å². The summed E-state index contributed by atoms with van der Waals surface area (Å²) >= 11 is 1.75. The summed E-state index contributed by atoms with van der Waals surface area (Å²) in [6.45, 7) is 2.76. The van der Waals surface area contributed by atoms with Crippen LogP contribution in [0.3, 0.4) is 0 Å². The van der Waals surface area contributed by atoms with Crippen molar-refractivity contribution in [3.05, 3.63) is 21.4 Å². The predicted molar refractivity (Wildman–Crippen MR) is 75.3 cm³/mol. The highest BCUT2D eigenvalue weighted by Crippen LogP contribution is 2.38. The average Bonchev–Trinajstić information content (AvgIpc) is 2.81. The lowest BCUT2D eigenvalue weighted by molar-refractivity contribution is -0.142. The van der Waals surface area contributed by atoms with Gasteiger partial charge in [-0.15, -0.1) is 11.3 Å². The number of methoxy groups -OCH3 is 1. The van der Waals surface area contributed by atoms with E-state index in [4.69, 9.17) is 10.5 Å². The van der Waals surface area contributed by atoms with Crippen LogP contribution in [-0.2, 0) is 27.1 Å². The van der Waals surface area contributed by atoms with Gasteiger partial charge in [0, 0.05) is 22.8 Å². The first-order chi connectivity index (χ1) is 9.15. The van der Waals surface area contributed by atoms with Gasteiger partial charge in [0.25, 0.3) is 0 Å². The highest BCUT2D eigenvalue weighted by molar-refractivity contribution is 7.12. The molecule has 2 rings (SSSR count). The number of rotatable bonds is 5. The lowest BCUT2D eigenvalue weighted by Gasteiger charge is -2.22. The average molecular weight is 283 g/mol. The number of nitrogens with two attached hydrogens (primary N) is 1. The summed E-state index contributed by atoms with van der Waals surface area (Å²) in [4.78, 5) is 13.9. The molecule has 0 spiro atoms. The molecule has 5 heteroatoms. The third kappa shape index (κ3) is 3.35. The van der Waals surface area contributed by atoms with Crippen molar-refractivity contribution in [3.8, 4) is 0 Å². The standard InChI is InChI=1S/C14H21NO3S/c1-3-18-12-5-4-6-13-10(12)7-9(19-13)8-11(15)14(16)17-2/h7,11-12H,3-6,8,15H2,1-2H3. The number of ether oxygens (including phenoxy) is 2. The number of hydrogen-bond donors (Lipinski definition) is 1. The van der Waals surface area contributed by atoms with Crippen molar-refractivity contribution in [3.63, 3.8) is 0 Å². The lowest BCUT2D eigenvalue weighted by atomic mass is 9.95. The number of esters is 1. The van der Waals surface area contributed by atoms with Crippen LogP contribution in [0.5, 0.6) is 0 Å². The second-order valence-electron chi connectivity index (χ2n) is 4.76. The van der Waals surface area contributed by atoms with Gasteiger partial charge in [-0.1, -0.05) is 0 Å². The third-order valence-electron chi connectivity index (χ3n) is 3.40. The second-order valence-corrected chi connectivity index (χ2v) is 5.98. The van der Waals surface area contributed by atoms with Crippen LogP contribution < -0.4 is 5.73 Å². The maximum Gasteiger partial charge on any atom is 0.323 e. The fourth-order valence-corrected chi connectivity index (χ4v) is 3.82. The molecule has 1 aromatic rings. The molecule has 0 aliphatic heterocycles. The summed E-state index contributed by atoms with van der Waals surface area (Å²) in [6, 6.07) is 1.58. The Morgan fingerprint density at radius 1 is 1.63 bits per heavy atom. The van der Waals surface area contributed by atoms with Gasteiger partial charge in [-0.2, -0.15) is 0 Å². The number of thiophene rings is 1. The number of carbonyl (C=O) groups is 1. The molecule has 0 radical (unpaired) electrons. The summed E-state index contributed by atoms with van der Waals surface area (Å²) in [7, 11) is 1.37. The summed E-state index contributed by atoms with van der Waals surface area (Å²) in [5, 5.41) is 0. The van der Waals surface area contributed by atoms with Crippen molar-refractivity contribution in [2.75, 3.05) is 13.7 Å². The first kappa shape index (κ1) is 14.5. The van der Waals surface area contributed by atoms with E-state index in [9.17, 15) is 4.79 Å². The van der Waals surface area contributed by atoms with Crippen molar-refractivity contribution >= 4 is 17.3 Å². The Balaban J connectivity index is 2.10. The van der Waals surface area contributed by atoms with Gasteiger partial charge in [-0.25, -0.2) is 0 Å². The minimum Gasteiger partial charge on any atom is -0.468 e. The molecular formula is C14H21NO3S. The van der Waals surface area contributed by atoms with Gasteiger partial charge in [0.05, 0.1) is 13.2 Å². The highest BCUT2D eigenvalue weighted by Gasteiger charge is 2.24. The molecule has 1 aromatic heterocycles. The molecule has 2 N–H and O–H groups in total. The quantitative estimate of drug-likeness (QED) is 0.842. The maximum absolute atomic E-state index is 11.4. The van der Waals surface area contributed by atoms with Gasteiger partial charge >= 0.3 is 5.97 Å².